The lowest BCUT2D eigenvalue weighted by Crippen LogP contribution is -2.48. The molecule has 0 fully saturated rings. The fraction of sp³-hybridized carbons (Fsp3) is 0.208. The zero-order valence-corrected chi connectivity index (χ0v) is 19.5. The zero-order chi connectivity index (χ0) is 23.0. The quantitative estimate of drug-likeness (QED) is 0.590. The van der Waals surface area contributed by atoms with Crippen molar-refractivity contribution in [3.05, 3.63) is 82.4 Å². The van der Waals surface area contributed by atoms with Gasteiger partial charge in [-0.25, -0.2) is 8.42 Å². The summed E-state index contributed by atoms with van der Waals surface area (Å²) < 4.78 is 34.2. The highest BCUT2D eigenvalue weighted by molar-refractivity contribution is 7.92. The number of anilines is 2. The van der Waals surface area contributed by atoms with E-state index in [2.05, 4.69) is 5.32 Å². The van der Waals surface area contributed by atoms with Gasteiger partial charge in [0.15, 0.2) is 6.10 Å². The molecular formula is C24H23ClN2O4S. The van der Waals surface area contributed by atoms with Gasteiger partial charge in [-0.3, -0.25) is 9.10 Å². The van der Waals surface area contributed by atoms with Crippen LogP contribution in [-0.2, 0) is 14.8 Å². The summed E-state index contributed by atoms with van der Waals surface area (Å²) >= 11 is 6.06. The third kappa shape index (κ3) is 4.31. The summed E-state index contributed by atoms with van der Waals surface area (Å²) in [5.74, 6) is -0.110. The minimum Gasteiger partial charge on any atom is -0.476 e. The van der Waals surface area contributed by atoms with Crippen LogP contribution in [0.4, 0.5) is 11.4 Å². The molecule has 3 aromatic carbocycles. The molecule has 1 atom stereocenters. The largest absolute Gasteiger partial charge is 0.476 e. The summed E-state index contributed by atoms with van der Waals surface area (Å²) in [7, 11) is -3.91. The molecule has 1 N–H and O–H groups in total. The van der Waals surface area contributed by atoms with E-state index in [0.29, 0.717) is 22.1 Å². The number of halogens is 1. The van der Waals surface area contributed by atoms with Crippen molar-refractivity contribution >= 4 is 38.9 Å². The Morgan fingerprint density at radius 1 is 1.00 bits per heavy atom. The molecule has 0 radical (unpaired) electrons. The molecule has 1 amide bonds. The van der Waals surface area contributed by atoms with E-state index in [4.69, 9.17) is 16.3 Å². The predicted octanol–water partition coefficient (Wildman–Crippen LogP) is 4.86. The van der Waals surface area contributed by atoms with Crippen LogP contribution in [0.5, 0.6) is 5.75 Å². The van der Waals surface area contributed by atoms with E-state index >= 15 is 0 Å². The molecule has 0 aliphatic carbocycles. The number of sulfonamides is 1. The van der Waals surface area contributed by atoms with Crippen molar-refractivity contribution in [1.29, 1.82) is 0 Å². The number of aryl methyl sites for hydroxylation is 3. The summed E-state index contributed by atoms with van der Waals surface area (Å²) in [5, 5.41) is 3.30. The molecule has 8 heteroatoms. The molecule has 0 saturated heterocycles. The van der Waals surface area contributed by atoms with Crippen LogP contribution in [0.1, 0.15) is 16.7 Å². The number of nitrogens with zero attached hydrogens (tertiary/aromatic N) is 1. The van der Waals surface area contributed by atoms with Crippen molar-refractivity contribution in [3.63, 3.8) is 0 Å². The Morgan fingerprint density at radius 3 is 2.41 bits per heavy atom. The molecule has 3 aromatic rings. The van der Waals surface area contributed by atoms with E-state index in [1.807, 2.05) is 26.8 Å². The average molecular weight is 471 g/mol. The number of amides is 1. The van der Waals surface area contributed by atoms with Crippen molar-refractivity contribution < 1.29 is 17.9 Å². The van der Waals surface area contributed by atoms with Gasteiger partial charge >= 0.3 is 0 Å². The molecule has 0 aromatic heterocycles. The molecule has 4 rings (SSSR count). The second kappa shape index (κ2) is 8.48. The van der Waals surface area contributed by atoms with Crippen LogP contribution in [0.25, 0.3) is 0 Å². The maximum absolute atomic E-state index is 13.5. The number of carbonyl (C=O) groups is 1. The van der Waals surface area contributed by atoms with E-state index in [-0.39, 0.29) is 11.4 Å². The van der Waals surface area contributed by atoms with Gasteiger partial charge in [0.1, 0.15) is 5.75 Å². The van der Waals surface area contributed by atoms with E-state index in [9.17, 15) is 13.2 Å². The maximum atomic E-state index is 13.5. The van der Waals surface area contributed by atoms with Gasteiger partial charge in [-0.1, -0.05) is 41.4 Å². The lowest BCUT2D eigenvalue weighted by Gasteiger charge is -2.35. The summed E-state index contributed by atoms with van der Waals surface area (Å²) in [5.41, 5.74) is 3.63. The van der Waals surface area contributed by atoms with Crippen molar-refractivity contribution in [2.45, 2.75) is 31.8 Å². The molecule has 32 heavy (non-hydrogen) atoms. The van der Waals surface area contributed by atoms with E-state index in [0.717, 1.165) is 16.7 Å². The number of nitrogens with one attached hydrogen (secondary N) is 1. The second-order valence-electron chi connectivity index (χ2n) is 7.88. The fourth-order valence-corrected chi connectivity index (χ4v) is 5.15. The van der Waals surface area contributed by atoms with Crippen molar-refractivity contribution in [2.75, 3.05) is 16.2 Å². The predicted molar refractivity (Wildman–Crippen MR) is 126 cm³/mol. The van der Waals surface area contributed by atoms with E-state index < -0.39 is 22.0 Å². The van der Waals surface area contributed by atoms with Gasteiger partial charge in [0.25, 0.3) is 15.9 Å². The smallest absolute Gasteiger partial charge is 0.267 e. The van der Waals surface area contributed by atoms with Crippen LogP contribution in [0, 0.1) is 20.8 Å². The SMILES string of the molecule is Cc1ccc(S(=O)(=O)N2CC(C(=O)Nc3cc(Cl)ccc3C)Oc3cc(C)ccc32)cc1. The monoisotopic (exact) mass is 470 g/mol. The van der Waals surface area contributed by atoms with Crippen molar-refractivity contribution in [2.24, 2.45) is 0 Å². The first kappa shape index (κ1) is 22.2. The topological polar surface area (TPSA) is 75.7 Å². The van der Waals surface area contributed by atoms with Gasteiger partial charge in [-0.15, -0.1) is 0 Å². The summed E-state index contributed by atoms with van der Waals surface area (Å²) in [6, 6.07) is 17.1. The van der Waals surface area contributed by atoms with Crippen LogP contribution >= 0.6 is 11.6 Å². The van der Waals surface area contributed by atoms with Crippen LogP contribution in [0.3, 0.4) is 0 Å². The highest BCUT2D eigenvalue weighted by atomic mass is 35.5. The summed E-state index contributed by atoms with van der Waals surface area (Å²) in [6.45, 7) is 5.46. The molecule has 1 aliphatic heterocycles. The average Bonchev–Trinajstić information content (AvgIpc) is 2.75. The highest BCUT2D eigenvalue weighted by Gasteiger charge is 2.37. The first-order chi connectivity index (χ1) is 15.1. The molecule has 0 saturated carbocycles. The number of rotatable bonds is 4. The maximum Gasteiger partial charge on any atom is 0.267 e. The first-order valence-electron chi connectivity index (χ1n) is 10.1. The van der Waals surface area contributed by atoms with Crippen molar-refractivity contribution in [3.8, 4) is 5.75 Å². The Labute approximate surface area is 192 Å². The molecule has 0 bridgehead atoms. The second-order valence-corrected chi connectivity index (χ2v) is 10.2. The van der Waals surface area contributed by atoms with Crippen molar-refractivity contribution in [1.82, 2.24) is 0 Å². The third-order valence-electron chi connectivity index (χ3n) is 5.34. The van der Waals surface area contributed by atoms with Crippen LogP contribution < -0.4 is 14.4 Å². The standard InChI is InChI=1S/C24H23ClN2O4S/c1-15-4-9-19(10-5-15)32(29,30)27-14-23(31-22-12-16(2)6-11-21(22)27)24(28)26-20-13-18(25)8-7-17(20)3/h4-13,23H,14H2,1-3H3,(H,26,28). The molecule has 1 heterocycles. The minimum absolute atomic E-state index is 0.154. The Kier molecular flexibility index (Phi) is 5.88. The molecular weight excluding hydrogens is 448 g/mol. The van der Waals surface area contributed by atoms with Gasteiger partial charge in [0.2, 0.25) is 0 Å². The number of benzene rings is 3. The highest BCUT2D eigenvalue weighted by Crippen LogP contribution is 2.38. The molecule has 6 nitrogen and oxygen atoms in total. The Hall–Kier alpha value is -3.03. The van der Waals surface area contributed by atoms with Crippen LogP contribution in [0.2, 0.25) is 5.02 Å². The number of ether oxygens (including phenoxy) is 1. The van der Waals surface area contributed by atoms with Gasteiger partial charge in [-0.05, 0) is 68.3 Å². The normalized spacial score (nSPS) is 15.6. The first-order valence-corrected chi connectivity index (χ1v) is 11.9. The van der Waals surface area contributed by atoms with Gasteiger partial charge in [0.05, 0.1) is 17.1 Å². The number of carbonyl (C=O) groups excluding carboxylic acids is 1. The fourth-order valence-electron chi connectivity index (χ4n) is 3.50. The van der Waals surface area contributed by atoms with Gasteiger partial charge in [-0.2, -0.15) is 0 Å². The Bertz CT molecular complexity index is 1290. The molecule has 0 spiro atoms. The van der Waals surface area contributed by atoms with Crippen LogP contribution in [-0.4, -0.2) is 27.0 Å². The Morgan fingerprint density at radius 2 is 1.69 bits per heavy atom. The molecule has 1 unspecified atom stereocenters. The lowest BCUT2D eigenvalue weighted by atomic mass is 10.1. The summed E-state index contributed by atoms with van der Waals surface area (Å²) in [4.78, 5) is 13.2. The summed E-state index contributed by atoms with van der Waals surface area (Å²) in [6.07, 6.45) is -1.04. The minimum atomic E-state index is -3.91. The van der Waals surface area contributed by atoms with Gasteiger partial charge in [0, 0.05) is 10.7 Å². The van der Waals surface area contributed by atoms with E-state index in [1.165, 1.54) is 4.31 Å². The third-order valence-corrected chi connectivity index (χ3v) is 7.37. The molecule has 166 valence electrons. The van der Waals surface area contributed by atoms with Crippen LogP contribution in [0.15, 0.2) is 65.6 Å². The zero-order valence-electron chi connectivity index (χ0n) is 17.9. The lowest BCUT2D eigenvalue weighted by molar-refractivity contribution is -0.122. The van der Waals surface area contributed by atoms with Gasteiger partial charge < -0.3 is 10.1 Å². The molecule has 1 aliphatic rings. The number of hydrogen-bond acceptors (Lipinski definition) is 4. The number of hydrogen-bond donors (Lipinski definition) is 1. The van der Waals surface area contributed by atoms with E-state index in [1.54, 1.807) is 54.6 Å². The Balaban J connectivity index is 1.70. The number of fused-ring (bicyclic) bond motifs is 1.